The zero-order chi connectivity index (χ0) is 27.3. The molecular formula is C24H24BrClN2O7S2. The molecule has 1 N–H and O–H groups in total. The number of carbonyl (C=O) groups excluding carboxylic acids is 2. The zero-order valence-electron chi connectivity index (χ0n) is 20.3. The fourth-order valence-electron chi connectivity index (χ4n) is 3.29. The molecule has 198 valence electrons. The molecule has 37 heavy (non-hydrogen) atoms. The number of halogens is 2. The maximum Gasteiger partial charge on any atom is 0.338 e. The van der Waals surface area contributed by atoms with Crippen molar-refractivity contribution in [1.82, 2.24) is 0 Å². The number of hydrogen-bond acceptors (Lipinski definition) is 8. The number of nitrogens with one attached hydrogen (secondary N) is 1. The van der Waals surface area contributed by atoms with Crippen LogP contribution in [-0.4, -0.2) is 47.7 Å². The second-order valence-corrected chi connectivity index (χ2v) is 11.9. The van der Waals surface area contributed by atoms with Gasteiger partial charge in [-0.2, -0.15) is 0 Å². The van der Waals surface area contributed by atoms with Crippen molar-refractivity contribution >= 4 is 72.1 Å². The van der Waals surface area contributed by atoms with Crippen LogP contribution in [0.5, 0.6) is 11.5 Å². The van der Waals surface area contributed by atoms with Gasteiger partial charge in [-0.05, 0) is 50.2 Å². The van der Waals surface area contributed by atoms with Crippen molar-refractivity contribution in [3.8, 4) is 11.5 Å². The molecule has 0 unspecified atom stereocenters. The van der Waals surface area contributed by atoms with E-state index in [1.165, 1.54) is 32.4 Å². The van der Waals surface area contributed by atoms with Gasteiger partial charge in [0.1, 0.15) is 9.77 Å². The first kappa shape index (κ1) is 28.8. The van der Waals surface area contributed by atoms with E-state index < -0.39 is 21.9 Å². The summed E-state index contributed by atoms with van der Waals surface area (Å²) in [5, 5.41) is 2.64. The molecule has 3 aromatic rings. The number of ether oxygens (including phenoxy) is 3. The Morgan fingerprint density at radius 2 is 1.81 bits per heavy atom. The monoisotopic (exact) mass is 630 g/mol. The summed E-state index contributed by atoms with van der Waals surface area (Å²) in [6.07, 6.45) is 0. The first-order valence-corrected chi connectivity index (χ1v) is 14.3. The Labute approximate surface area is 232 Å². The maximum atomic E-state index is 13.6. The number of thiophene rings is 1. The normalized spacial score (nSPS) is 11.1. The van der Waals surface area contributed by atoms with Crippen molar-refractivity contribution in [3.05, 3.63) is 61.7 Å². The molecule has 0 radical (unpaired) electrons. The van der Waals surface area contributed by atoms with Crippen LogP contribution < -0.4 is 19.1 Å². The van der Waals surface area contributed by atoms with Crippen molar-refractivity contribution in [2.24, 2.45) is 0 Å². The molecule has 1 amide bonds. The lowest BCUT2D eigenvalue weighted by Gasteiger charge is -2.21. The summed E-state index contributed by atoms with van der Waals surface area (Å²) < 4.78 is 44.6. The van der Waals surface area contributed by atoms with E-state index in [9.17, 15) is 18.0 Å². The van der Waals surface area contributed by atoms with E-state index in [2.05, 4.69) is 21.2 Å². The van der Waals surface area contributed by atoms with E-state index >= 15 is 0 Å². The zero-order valence-corrected chi connectivity index (χ0v) is 24.3. The molecule has 2 aromatic carbocycles. The molecule has 0 aliphatic heterocycles. The molecule has 0 atom stereocenters. The standard InChI is InChI=1S/C24H24BrClN2O7S2/c1-5-34-18-8-7-17(12-19(18)33-4)28(3)37(31,32)20-13-21(26)36-22(20)23(29)27-16-10-14(9-15(25)11-16)24(30)35-6-2/h7-13H,5-6H2,1-4H3,(H,27,29). The van der Waals surface area contributed by atoms with Crippen LogP contribution in [0.4, 0.5) is 11.4 Å². The Kier molecular flexibility index (Phi) is 9.46. The predicted octanol–water partition coefficient (Wildman–Crippen LogP) is 5.83. The van der Waals surface area contributed by atoms with Gasteiger partial charge in [0.05, 0.1) is 35.9 Å². The summed E-state index contributed by atoms with van der Waals surface area (Å²) in [5.74, 6) is -0.445. The van der Waals surface area contributed by atoms with Gasteiger partial charge in [0.25, 0.3) is 15.9 Å². The molecule has 0 bridgehead atoms. The number of amides is 1. The molecule has 0 spiro atoms. The van der Waals surface area contributed by atoms with Gasteiger partial charge < -0.3 is 19.5 Å². The smallest absolute Gasteiger partial charge is 0.338 e. The van der Waals surface area contributed by atoms with E-state index in [-0.39, 0.29) is 32.0 Å². The molecule has 0 saturated heterocycles. The number of sulfonamides is 1. The Bertz CT molecular complexity index is 1430. The van der Waals surface area contributed by atoms with Gasteiger partial charge in [0, 0.05) is 23.3 Å². The number of methoxy groups -OCH3 is 1. The van der Waals surface area contributed by atoms with Gasteiger partial charge in [-0.1, -0.05) is 27.5 Å². The summed E-state index contributed by atoms with van der Waals surface area (Å²) in [5.41, 5.74) is 0.771. The minimum absolute atomic E-state index is 0.114. The van der Waals surface area contributed by atoms with Crippen LogP contribution in [0.3, 0.4) is 0 Å². The Morgan fingerprint density at radius 1 is 1.08 bits per heavy atom. The highest BCUT2D eigenvalue weighted by molar-refractivity contribution is 9.10. The summed E-state index contributed by atoms with van der Waals surface area (Å²) in [6, 6.07) is 10.5. The van der Waals surface area contributed by atoms with Crippen molar-refractivity contribution in [1.29, 1.82) is 0 Å². The van der Waals surface area contributed by atoms with Crippen LogP contribution in [0.25, 0.3) is 0 Å². The molecule has 0 aliphatic carbocycles. The highest BCUT2D eigenvalue weighted by Crippen LogP contribution is 2.37. The highest BCUT2D eigenvalue weighted by atomic mass is 79.9. The maximum absolute atomic E-state index is 13.6. The molecular weight excluding hydrogens is 608 g/mol. The Balaban J connectivity index is 1.94. The molecule has 1 aromatic heterocycles. The lowest BCUT2D eigenvalue weighted by atomic mass is 10.2. The average Bonchev–Trinajstić information content (AvgIpc) is 3.26. The third kappa shape index (κ3) is 6.56. The largest absolute Gasteiger partial charge is 0.493 e. The van der Waals surface area contributed by atoms with Crippen LogP contribution in [0.1, 0.15) is 33.9 Å². The number of hydrogen-bond donors (Lipinski definition) is 1. The number of esters is 1. The van der Waals surface area contributed by atoms with Gasteiger partial charge in [-0.3, -0.25) is 9.10 Å². The second kappa shape index (κ2) is 12.2. The molecule has 9 nitrogen and oxygen atoms in total. The quantitative estimate of drug-likeness (QED) is 0.281. The fourth-order valence-corrected chi connectivity index (χ4v) is 6.66. The second-order valence-electron chi connectivity index (χ2n) is 7.39. The average molecular weight is 632 g/mol. The fraction of sp³-hybridized carbons (Fsp3) is 0.250. The van der Waals surface area contributed by atoms with E-state index in [0.29, 0.717) is 28.3 Å². The number of nitrogens with zero attached hydrogens (tertiary/aromatic N) is 1. The van der Waals surface area contributed by atoms with Crippen LogP contribution in [0, 0.1) is 0 Å². The van der Waals surface area contributed by atoms with Crippen molar-refractivity contribution in [2.45, 2.75) is 18.7 Å². The van der Waals surface area contributed by atoms with Gasteiger partial charge >= 0.3 is 5.97 Å². The van der Waals surface area contributed by atoms with Crippen LogP contribution in [0.2, 0.25) is 4.34 Å². The number of carbonyl (C=O) groups is 2. The first-order valence-electron chi connectivity index (χ1n) is 10.9. The summed E-state index contributed by atoms with van der Waals surface area (Å²) in [4.78, 5) is 24.9. The third-order valence-electron chi connectivity index (χ3n) is 4.99. The third-order valence-corrected chi connectivity index (χ3v) is 8.65. The topological polar surface area (TPSA) is 111 Å². The molecule has 0 fully saturated rings. The van der Waals surface area contributed by atoms with E-state index in [0.717, 1.165) is 15.6 Å². The molecule has 1 heterocycles. The van der Waals surface area contributed by atoms with Crippen molar-refractivity contribution in [2.75, 3.05) is 37.0 Å². The highest BCUT2D eigenvalue weighted by Gasteiger charge is 2.30. The minimum Gasteiger partial charge on any atom is -0.493 e. The Hall–Kier alpha value is -2.80. The lowest BCUT2D eigenvalue weighted by Crippen LogP contribution is -2.28. The van der Waals surface area contributed by atoms with Crippen LogP contribution in [0.15, 0.2) is 51.8 Å². The lowest BCUT2D eigenvalue weighted by molar-refractivity contribution is 0.0526. The van der Waals surface area contributed by atoms with Gasteiger partial charge in [-0.15, -0.1) is 11.3 Å². The van der Waals surface area contributed by atoms with Gasteiger partial charge in [0.15, 0.2) is 11.5 Å². The molecule has 3 rings (SSSR count). The molecule has 0 aliphatic rings. The summed E-state index contributed by atoms with van der Waals surface area (Å²) in [7, 11) is -1.40. The van der Waals surface area contributed by atoms with Gasteiger partial charge in [0.2, 0.25) is 0 Å². The van der Waals surface area contributed by atoms with Crippen LogP contribution >= 0.6 is 38.9 Å². The van der Waals surface area contributed by atoms with Crippen molar-refractivity contribution in [3.63, 3.8) is 0 Å². The predicted molar refractivity (Wildman–Crippen MR) is 147 cm³/mol. The van der Waals surface area contributed by atoms with Crippen LogP contribution in [-0.2, 0) is 14.8 Å². The Morgan fingerprint density at radius 3 is 2.46 bits per heavy atom. The number of rotatable bonds is 10. The molecule has 13 heteroatoms. The molecule has 0 saturated carbocycles. The van der Waals surface area contributed by atoms with Crippen molar-refractivity contribution < 1.29 is 32.2 Å². The minimum atomic E-state index is -4.21. The van der Waals surface area contributed by atoms with Gasteiger partial charge in [-0.25, -0.2) is 13.2 Å². The summed E-state index contributed by atoms with van der Waals surface area (Å²) in [6.45, 7) is 4.11. The van der Waals surface area contributed by atoms with E-state index in [4.69, 9.17) is 25.8 Å². The first-order chi connectivity index (χ1) is 17.5. The number of anilines is 2. The summed E-state index contributed by atoms with van der Waals surface area (Å²) >= 11 is 10.3. The SMILES string of the molecule is CCOC(=O)c1cc(Br)cc(NC(=O)c2sc(Cl)cc2S(=O)(=O)N(C)c2ccc(OCC)c(OC)c2)c1. The van der Waals surface area contributed by atoms with E-state index in [1.54, 1.807) is 31.2 Å². The number of benzene rings is 2. The van der Waals surface area contributed by atoms with E-state index in [1.807, 2.05) is 6.92 Å².